The zero-order valence-electron chi connectivity index (χ0n) is 12.4. The summed E-state index contributed by atoms with van der Waals surface area (Å²) < 4.78 is 42.3. The smallest absolute Gasteiger partial charge is 0.504 e. The number of alkyl halides is 3. The summed E-state index contributed by atoms with van der Waals surface area (Å²) in [5, 5.41) is 14.1. The molecule has 0 radical (unpaired) electrons. The van der Waals surface area contributed by atoms with E-state index in [-0.39, 0.29) is 0 Å². The second kappa shape index (κ2) is 6.14. The Bertz CT molecular complexity index is 676. The van der Waals surface area contributed by atoms with Crippen molar-refractivity contribution in [2.24, 2.45) is 0 Å². The molecule has 0 bridgehead atoms. The first-order valence-corrected chi connectivity index (χ1v) is 7.56. The third-order valence-corrected chi connectivity index (χ3v) is 4.07. The van der Waals surface area contributed by atoms with Crippen molar-refractivity contribution in [1.82, 2.24) is 9.78 Å². The summed E-state index contributed by atoms with van der Waals surface area (Å²) >= 11 is 0. The van der Waals surface area contributed by atoms with Crippen LogP contribution in [0.3, 0.4) is 0 Å². The van der Waals surface area contributed by atoms with Gasteiger partial charge in [0.2, 0.25) is 0 Å². The van der Waals surface area contributed by atoms with Gasteiger partial charge in [-0.25, -0.2) is 0 Å². The Morgan fingerprint density at radius 1 is 1.13 bits per heavy atom. The summed E-state index contributed by atoms with van der Waals surface area (Å²) in [4.78, 5) is 0. The van der Waals surface area contributed by atoms with Crippen molar-refractivity contribution in [3.8, 4) is 22.6 Å². The maximum Gasteiger partial charge on any atom is 0.573 e. The Hall–Kier alpha value is -2.18. The lowest BCUT2D eigenvalue weighted by Crippen LogP contribution is -2.17. The fourth-order valence-corrected chi connectivity index (χ4v) is 2.94. The Balaban J connectivity index is 1.79. The Labute approximate surface area is 131 Å². The summed E-state index contributed by atoms with van der Waals surface area (Å²) in [5.74, 6) is -1.16. The lowest BCUT2D eigenvalue weighted by atomic mass is 9.96. The molecule has 7 heteroatoms. The van der Waals surface area contributed by atoms with Crippen LogP contribution in [0.15, 0.2) is 30.6 Å². The van der Waals surface area contributed by atoms with E-state index < -0.39 is 17.9 Å². The predicted octanol–water partition coefficient (Wildman–Crippen LogP) is 4.66. The molecule has 1 heterocycles. The van der Waals surface area contributed by atoms with Crippen LogP contribution in [-0.4, -0.2) is 21.2 Å². The van der Waals surface area contributed by atoms with E-state index >= 15 is 0 Å². The predicted molar refractivity (Wildman–Crippen MR) is 78.1 cm³/mol. The minimum atomic E-state index is -4.83. The highest BCUT2D eigenvalue weighted by Crippen LogP contribution is 2.35. The van der Waals surface area contributed by atoms with Gasteiger partial charge in [0.25, 0.3) is 0 Å². The van der Waals surface area contributed by atoms with Gasteiger partial charge in [0, 0.05) is 11.8 Å². The van der Waals surface area contributed by atoms with Crippen molar-refractivity contribution in [2.75, 3.05) is 0 Å². The molecule has 0 spiro atoms. The summed E-state index contributed by atoms with van der Waals surface area (Å²) in [5.41, 5.74) is 1.35. The van der Waals surface area contributed by atoms with Crippen LogP contribution < -0.4 is 4.74 Å². The highest BCUT2D eigenvalue weighted by atomic mass is 19.4. The molecular formula is C16H17F3N2O2. The summed E-state index contributed by atoms with van der Waals surface area (Å²) in [7, 11) is 0. The number of benzene rings is 1. The van der Waals surface area contributed by atoms with Crippen LogP contribution in [0.5, 0.6) is 11.5 Å². The average molecular weight is 326 g/mol. The number of hydrogen-bond donors (Lipinski definition) is 1. The second-order valence-electron chi connectivity index (χ2n) is 5.73. The van der Waals surface area contributed by atoms with Crippen LogP contribution in [0.4, 0.5) is 13.2 Å². The summed E-state index contributed by atoms with van der Waals surface area (Å²) in [6, 6.07) is 4.21. The topological polar surface area (TPSA) is 47.3 Å². The number of phenolic OH excluding ortho intramolecular Hbond substituents is 1. The molecule has 1 aromatic heterocycles. The van der Waals surface area contributed by atoms with Crippen molar-refractivity contribution in [1.29, 1.82) is 0 Å². The molecular weight excluding hydrogens is 309 g/mol. The minimum Gasteiger partial charge on any atom is -0.504 e. The molecule has 3 rings (SSSR count). The number of rotatable bonds is 3. The Morgan fingerprint density at radius 3 is 2.52 bits per heavy atom. The SMILES string of the molecule is Oc1cc(-c2cnn(C3CCCCC3)c2)ccc1OC(F)(F)F. The van der Waals surface area contributed by atoms with Gasteiger partial charge in [-0.3, -0.25) is 4.68 Å². The first-order valence-electron chi connectivity index (χ1n) is 7.56. The standard InChI is InChI=1S/C16H17F3N2O2/c17-16(18,19)23-15-7-6-11(8-14(15)22)12-9-20-21(10-12)13-4-2-1-3-5-13/h6-10,13,22H,1-5H2. The number of aromatic nitrogens is 2. The third-order valence-electron chi connectivity index (χ3n) is 4.07. The molecule has 4 nitrogen and oxygen atoms in total. The van der Waals surface area contributed by atoms with E-state index in [1.54, 1.807) is 6.20 Å². The lowest BCUT2D eigenvalue weighted by molar-refractivity contribution is -0.275. The van der Waals surface area contributed by atoms with Gasteiger partial charge in [0.05, 0.1) is 12.2 Å². The van der Waals surface area contributed by atoms with Gasteiger partial charge in [-0.2, -0.15) is 5.10 Å². The highest BCUT2D eigenvalue weighted by Gasteiger charge is 2.32. The largest absolute Gasteiger partial charge is 0.573 e. The van der Waals surface area contributed by atoms with Gasteiger partial charge in [0.1, 0.15) is 0 Å². The normalized spacial score (nSPS) is 16.5. The fraction of sp³-hybridized carbons (Fsp3) is 0.438. The van der Waals surface area contributed by atoms with E-state index in [0.717, 1.165) is 24.5 Å². The minimum absolute atomic E-state index is 0.374. The van der Waals surface area contributed by atoms with Crippen molar-refractivity contribution >= 4 is 0 Å². The van der Waals surface area contributed by atoms with Crippen molar-refractivity contribution in [3.63, 3.8) is 0 Å². The molecule has 0 unspecified atom stereocenters. The van der Waals surface area contributed by atoms with Gasteiger partial charge >= 0.3 is 6.36 Å². The van der Waals surface area contributed by atoms with Crippen LogP contribution in [-0.2, 0) is 0 Å². The van der Waals surface area contributed by atoms with E-state index in [1.807, 2.05) is 10.9 Å². The number of nitrogens with zero attached hydrogens (tertiary/aromatic N) is 2. The van der Waals surface area contributed by atoms with Crippen molar-refractivity contribution < 1.29 is 23.0 Å². The molecule has 1 aromatic carbocycles. The molecule has 1 fully saturated rings. The molecule has 1 N–H and O–H groups in total. The van der Waals surface area contributed by atoms with Crippen LogP contribution in [0, 0.1) is 0 Å². The molecule has 0 amide bonds. The molecule has 23 heavy (non-hydrogen) atoms. The van der Waals surface area contributed by atoms with E-state index in [0.29, 0.717) is 11.6 Å². The third kappa shape index (κ3) is 3.78. The summed E-state index contributed by atoms with van der Waals surface area (Å²) in [6.07, 6.45) is 4.50. The quantitative estimate of drug-likeness (QED) is 0.892. The van der Waals surface area contributed by atoms with Crippen LogP contribution in [0.2, 0.25) is 0 Å². The molecule has 2 aromatic rings. The number of halogens is 3. The fourth-order valence-electron chi connectivity index (χ4n) is 2.94. The molecule has 0 atom stereocenters. The molecule has 124 valence electrons. The van der Waals surface area contributed by atoms with E-state index in [9.17, 15) is 18.3 Å². The van der Waals surface area contributed by atoms with Crippen LogP contribution in [0.25, 0.3) is 11.1 Å². The number of hydrogen-bond acceptors (Lipinski definition) is 3. The first kappa shape index (κ1) is 15.7. The zero-order valence-corrected chi connectivity index (χ0v) is 12.4. The van der Waals surface area contributed by atoms with E-state index in [1.165, 1.54) is 31.4 Å². The first-order chi connectivity index (χ1) is 10.9. The van der Waals surface area contributed by atoms with Gasteiger partial charge in [-0.05, 0) is 30.5 Å². The Kier molecular flexibility index (Phi) is 4.19. The molecule has 1 aliphatic rings. The molecule has 1 aliphatic carbocycles. The maximum atomic E-state index is 12.2. The number of phenols is 1. The van der Waals surface area contributed by atoms with Crippen LogP contribution >= 0.6 is 0 Å². The zero-order chi connectivity index (χ0) is 16.4. The van der Waals surface area contributed by atoms with Gasteiger partial charge in [-0.1, -0.05) is 25.3 Å². The monoisotopic (exact) mass is 326 g/mol. The van der Waals surface area contributed by atoms with Crippen molar-refractivity contribution in [2.45, 2.75) is 44.5 Å². The number of ether oxygens (including phenoxy) is 1. The number of aromatic hydroxyl groups is 1. The molecule has 1 saturated carbocycles. The molecule has 0 saturated heterocycles. The highest BCUT2D eigenvalue weighted by molar-refractivity contribution is 5.65. The van der Waals surface area contributed by atoms with Crippen molar-refractivity contribution in [3.05, 3.63) is 30.6 Å². The molecule has 0 aliphatic heterocycles. The van der Waals surface area contributed by atoms with Gasteiger partial charge in [-0.15, -0.1) is 13.2 Å². The average Bonchev–Trinajstić information content (AvgIpc) is 2.99. The van der Waals surface area contributed by atoms with Gasteiger partial charge < -0.3 is 9.84 Å². The van der Waals surface area contributed by atoms with Gasteiger partial charge in [0.15, 0.2) is 11.5 Å². The maximum absolute atomic E-state index is 12.2. The van der Waals surface area contributed by atoms with E-state index in [4.69, 9.17) is 0 Å². The lowest BCUT2D eigenvalue weighted by Gasteiger charge is -2.21. The Morgan fingerprint density at radius 2 is 1.87 bits per heavy atom. The second-order valence-corrected chi connectivity index (χ2v) is 5.73. The summed E-state index contributed by atoms with van der Waals surface area (Å²) in [6.45, 7) is 0. The van der Waals surface area contributed by atoms with Crippen LogP contribution in [0.1, 0.15) is 38.1 Å². The van der Waals surface area contributed by atoms with E-state index in [2.05, 4.69) is 9.84 Å².